The second kappa shape index (κ2) is 6.83. The van der Waals surface area contributed by atoms with E-state index in [-0.39, 0.29) is 11.8 Å². The topological polar surface area (TPSA) is 62.3 Å². The number of nitrogens with zero attached hydrogens (tertiary/aromatic N) is 2. The Hall–Kier alpha value is -2.69. The van der Waals surface area contributed by atoms with Gasteiger partial charge in [-0.3, -0.25) is 14.6 Å². The molecule has 1 aliphatic rings. The number of fused-ring (bicyclic) bond motifs is 1. The Bertz CT molecular complexity index is 786. The fourth-order valence-corrected chi connectivity index (χ4v) is 3.02. The fraction of sp³-hybridized carbons (Fsp3) is 0.316. The highest BCUT2D eigenvalue weighted by Gasteiger charge is 2.21. The predicted molar refractivity (Wildman–Crippen MR) is 93.8 cm³/mol. The van der Waals surface area contributed by atoms with E-state index in [0.717, 1.165) is 28.8 Å². The molecule has 5 nitrogen and oxygen atoms in total. The van der Waals surface area contributed by atoms with E-state index in [2.05, 4.69) is 16.4 Å². The average Bonchev–Trinajstić information content (AvgIpc) is 2.58. The molecule has 1 aromatic carbocycles. The summed E-state index contributed by atoms with van der Waals surface area (Å²) in [4.78, 5) is 29.5. The SMILES string of the molecule is CCNC(=O)Cc1cncc(-c2ccc3c(c2)CCC(=O)N3C)c1. The molecule has 0 fully saturated rings. The van der Waals surface area contributed by atoms with Crippen LogP contribution < -0.4 is 10.2 Å². The zero-order chi connectivity index (χ0) is 17.1. The fourth-order valence-electron chi connectivity index (χ4n) is 3.02. The van der Waals surface area contributed by atoms with Crippen molar-refractivity contribution in [3.05, 3.63) is 47.8 Å². The Balaban J connectivity index is 1.87. The normalized spacial score (nSPS) is 13.6. The number of nitrogens with one attached hydrogen (secondary N) is 1. The Morgan fingerprint density at radius 2 is 2.04 bits per heavy atom. The molecule has 124 valence electrons. The van der Waals surface area contributed by atoms with E-state index in [9.17, 15) is 9.59 Å². The van der Waals surface area contributed by atoms with Crippen molar-refractivity contribution in [1.29, 1.82) is 0 Å². The predicted octanol–water partition coefficient (Wildman–Crippen LogP) is 2.34. The van der Waals surface area contributed by atoms with Crippen LogP contribution in [-0.4, -0.2) is 30.4 Å². The summed E-state index contributed by atoms with van der Waals surface area (Å²) in [5, 5.41) is 2.80. The molecular weight excluding hydrogens is 302 g/mol. The summed E-state index contributed by atoms with van der Waals surface area (Å²) in [6, 6.07) is 8.10. The summed E-state index contributed by atoms with van der Waals surface area (Å²) in [7, 11) is 1.81. The number of anilines is 1. The number of hydrogen-bond acceptors (Lipinski definition) is 3. The van der Waals surface area contributed by atoms with Crippen LogP contribution in [0.15, 0.2) is 36.7 Å². The van der Waals surface area contributed by atoms with Gasteiger partial charge in [0.25, 0.3) is 0 Å². The maximum absolute atomic E-state index is 11.8. The van der Waals surface area contributed by atoms with E-state index in [1.54, 1.807) is 17.3 Å². The van der Waals surface area contributed by atoms with E-state index in [1.165, 1.54) is 5.56 Å². The molecule has 0 bridgehead atoms. The highest BCUT2D eigenvalue weighted by molar-refractivity contribution is 5.96. The van der Waals surface area contributed by atoms with Crippen LogP contribution in [0.4, 0.5) is 5.69 Å². The summed E-state index contributed by atoms with van der Waals surface area (Å²) in [5.74, 6) is 0.155. The number of pyridine rings is 1. The lowest BCUT2D eigenvalue weighted by Gasteiger charge is -2.26. The molecule has 2 aromatic rings. The number of carbonyl (C=O) groups is 2. The van der Waals surface area contributed by atoms with Gasteiger partial charge in [0.05, 0.1) is 6.42 Å². The molecule has 0 atom stereocenters. The summed E-state index contributed by atoms with van der Waals surface area (Å²) in [6.07, 6.45) is 5.17. The first-order valence-electron chi connectivity index (χ1n) is 8.19. The van der Waals surface area contributed by atoms with Gasteiger partial charge < -0.3 is 10.2 Å². The van der Waals surface area contributed by atoms with Crippen LogP contribution in [-0.2, 0) is 22.4 Å². The van der Waals surface area contributed by atoms with Crippen molar-refractivity contribution in [3.63, 3.8) is 0 Å². The minimum absolute atomic E-state index is 0.00188. The van der Waals surface area contributed by atoms with Crippen molar-refractivity contribution in [2.45, 2.75) is 26.2 Å². The first-order chi connectivity index (χ1) is 11.6. The molecule has 0 aliphatic carbocycles. The number of amides is 2. The lowest BCUT2D eigenvalue weighted by atomic mass is 9.96. The Kier molecular flexibility index (Phi) is 4.60. The monoisotopic (exact) mass is 323 g/mol. The largest absolute Gasteiger partial charge is 0.356 e. The average molecular weight is 323 g/mol. The molecule has 0 saturated carbocycles. The van der Waals surface area contributed by atoms with E-state index in [4.69, 9.17) is 0 Å². The molecule has 24 heavy (non-hydrogen) atoms. The van der Waals surface area contributed by atoms with Crippen molar-refractivity contribution < 1.29 is 9.59 Å². The molecule has 1 aromatic heterocycles. The van der Waals surface area contributed by atoms with Gasteiger partial charge in [0.2, 0.25) is 11.8 Å². The number of rotatable bonds is 4. The number of hydrogen-bond donors (Lipinski definition) is 1. The zero-order valence-electron chi connectivity index (χ0n) is 14.0. The van der Waals surface area contributed by atoms with Crippen molar-refractivity contribution in [3.8, 4) is 11.1 Å². The summed E-state index contributed by atoms with van der Waals surface area (Å²) >= 11 is 0. The van der Waals surface area contributed by atoms with Gasteiger partial charge >= 0.3 is 0 Å². The van der Waals surface area contributed by atoms with E-state index >= 15 is 0 Å². The van der Waals surface area contributed by atoms with E-state index < -0.39 is 0 Å². The summed E-state index contributed by atoms with van der Waals surface area (Å²) in [5.41, 5.74) is 5.08. The molecule has 1 aliphatic heterocycles. The minimum Gasteiger partial charge on any atom is -0.356 e. The van der Waals surface area contributed by atoms with Crippen LogP contribution in [0, 0.1) is 0 Å². The summed E-state index contributed by atoms with van der Waals surface area (Å²) in [6.45, 7) is 2.53. The summed E-state index contributed by atoms with van der Waals surface area (Å²) < 4.78 is 0. The first kappa shape index (κ1) is 16.2. The third kappa shape index (κ3) is 3.30. The number of aromatic nitrogens is 1. The maximum Gasteiger partial charge on any atom is 0.227 e. The molecule has 1 N–H and O–H groups in total. The Morgan fingerprint density at radius 3 is 2.83 bits per heavy atom. The highest BCUT2D eigenvalue weighted by Crippen LogP contribution is 2.31. The molecule has 0 radical (unpaired) electrons. The maximum atomic E-state index is 11.8. The van der Waals surface area contributed by atoms with Gasteiger partial charge in [-0.1, -0.05) is 6.07 Å². The van der Waals surface area contributed by atoms with Gasteiger partial charge in [0.1, 0.15) is 0 Å². The lowest BCUT2D eigenvalue weighted by Crippen LogP contribution is -2.30. The molecular formula is C19H21N3O2. The number of benzene rings is 1. The van der Waals surface area contributed by atoms with Crippen molar-refractivity contribution in [2.24, 2.45) is 0 Å². The second-order valence-corrected chi connectivity index (χ2v) is 6.01. The van der Waals surface area contributed by atoms with Crippen LogP contribution in [0.3, 0.4) is 0 Å². The number of likely N-dealkylation sites (N-methyl/N-ethyl adjacent to an activating group) is 1. The molecule has 3 rings (SSSR count). The van der Waals surface area contributed by atoms with Crippen LogP contribution >= 0.6 is 0 Å². The van der Waals surface area contributed by atoms with Crippen LogP contribution in [0.1, 0.15) is 24.5 Å². The molecule has 2 heterocycles. The van der Waals surface area contributed by atoms with Crippen molar-refractivity contribution in [2.75, 3.05) is 18.5 Å². The Labute approximate surface area is 141 Å². The first-order valence-corrected chi connectivity index (χ1v) is 8.19. The molecule has 0 saturated heterocycles. The lowest BCUT2D eigenvalue weighted by molar-refractivity contribution is -0.120. The molecule has 5 heteroatoms. The molecule has 2 amide bonds. The third-order valence-corrected chi connectivity index (χ3v) is 4.29. The molecule has 0 spiro atoms. The van der Waals surface area contributed by atoms with Gasteiger partial charge in [-0.05, 0) is 48.2 Å². The van der Waals surface area contributed by atoms with Gasteiger partial charge in [0.15, 0.2) is 0 Å². The van der Waals surface area contributed by atoms with Crippen LogP contribution in [0.25, 0.3) is 11.1 Å². The smallest absolute Gasteiger partial charge is 0.227 e. The van der Waals surface area contributed by atoms with E-state index in [1.807, 2.05) is 32.2 Å². The van der Waals surface area contributed by atoms with Gasteiger partial charge in [-0.15, -0.1) is 0 Å². The van der Waals surface area contributed by atoms with Gasteiger partial charge in [0, 0.05) is 43.7 Å². The standard InChI is InChI=1S/C19H21N3O2/c1-3-21-18(23)9-13-8-16(12-20-11-13)14-4-6-17-15(10-14)5-7-19(24)22(17)2/h4,6,8,10-12H,3,5,7,9H2,1-2H3,(H,21,23). The zero-order valence-corrected chi connectivity index (χ0v) is 14.0. The Morgan fingerprint density at radius 1 is 1.21 bits per heavy atom. The highest BCUT2D eigenvalue weighted by atomic mass is 16.2. The van der Waals surface area contributed by atoms with Crippen molar-refractivity contribution >= 4 is 17.5 Å². The van der Waals surface area contributed by atoms with Gasteiger partial charge in [-0.25, -0.2) is 0 Å². The van der Waals surface area contributed by atoms with Gasteiger partial charge in [-0.2, -0.15) is 0 Å². The molecule has 0 unspecified atom stereocenters. The number of aryl methyl sites for hydroxylation is 1. The van der Waals surface area contributed by atoms with Crippen LogP contribution in [0.2, 0.25) is 0 Å². The van der Waals surface area contributed by atoms with Crippen LogP contribution in [0.5, 0.6) is 0 Å². The second-order valence-electron chi connectivity index (χ2n) is 6.01. The third-order valence-electron chi connectivity index (χ3n) is 4.29. The number of carbonyl (C=O) groups excluding carboxylic acids is 2. The quantitative estimate of drug-likeness (QED) is 0.939. The minimum atomic E-state index is 0.00188. The van der Waals surface area contributed by atoms with Crippen molar-refractivity contribution in [1.82, 2.24) is 10.3 Å². The van der Waals surface area contributed by atoms with E-state index in [0.29, 0.717) is 19.4 Å².